The summed E-state index contributed by atoms with van der Waals surface area (Å²) in [6.07, 6.45) is 8.00. The summed E-state index contributed by atoms with van der Waals surface area (Å²) in [4.78, 5) is 0. The molecule has 170 valence electrons. The van der Waals surface area contributed by atoms with Gasteiger partial charge in [0.15, 0.2) is 0 Å². The van der Waals surface area contributed by atoms with Crippen molar-refractivity contribution in [3.8, 4) is 0 Å². The van der Waals surface area contributed by atoms with Crippen molar-refractivity contribution in [3.05, 3.63) is 70.8 Å². The first-order chi connectivity index (χ1) is 15.0. The second kappa shape index (κ2) is 13.6. The van der Waals surface area contributed by atoms with Crippen LogP contribution in [0, 0.1) is 0 Å². The monoisotopic (exact) mass is 544 g/mol. The molecule has 0 unspecified atom stereocenters. The van der Waals surface area contributed by atoms with Gasteiger partial charge >= 0.3 is 198 Å². The number of unbranched alkanes of at least 4 members (excludes halogenated alkanes) is 3. The molecule has 0 radical (unpaired) electrons. The fourth-order valence-electron chi connectivity index (χ4n) is 4.68. The number of rotatable bonds is 15. The van der Waals surface area contributed by atoms with E-state index in [-0.39, 0.29) is 0 Å². The van der Waals surface area contributed by atoms with Crippen molar-refractivity contribution in [1.82, 2.24) is 0 Å². The molecular formula is C28H44OSiSn. The maximum absolute atomic E-state index is 7.00. The van der Waals surface area contributed by atoms with E-state index in [9.17, 15) is 0 Å². The zero-order valence-electron chi connectivity index (χ0n) is 20.5. The first-order valence-electron chi connectivity index (χ1n) is 12.5. The molecule has 2 aromatic rings. The van der Waals surface area contributed by atoms with Crippen LogP contribution in [0.4, 0.5) is 0 Å². The van der Waals surface area contributed by atoms with Gasteiger partial charge < -0.3 is 0 Å². The molecule has 0 aliphatic rings. The molecule has 1 nitrogen and oxygen atoms in total. The Balaban J connectivity index is 2.31. The Bertz CT molecular complexity index is 698. The van der Waals surface area contributed by atoms with Crippen LogP contribution < -0.4 is 10.4 Å². The second-order valence-electron chi connectivity index (χ2n) is 9.25. The third-order valence-corrected chi connectivity index (χ3v) is 26.5. The minimum atomic E-state index is -2.48. The van der Waals surface area contributed by atoms with Gasteiger partial charge in [-0.15, -0.1) is 0 Å². The molecule has 0 fully saturated rings. The topological polar surface area (TPSA) is 9.23 Å². The fraction of sp³-hybridized carbons (Fsp3) is 0.500. The Morgan fingerprint density at radius 2 is 1.13 bits per heavy atom. The van der Waals surface area contributed by atoms with E-state index in [0.717, 1.165) is 6.61 Å². The zero-order valence-corrected chi connectivity index (χ0v) is 24.3. The summed E-state index contributed by atoms with van der Waals surface area (Å²) in [5, 5.41) is 2.70. The maximum atomic E-state index is 7.00. The molecule has 0 heterocycles. The summed E-state index contributed by atoms with van der Waals surface area (Å²) in [5.41, 5.74) is 0. The minimum absolute atomic E-state index is 0.764. The molecule has 0 saturated carbocycles. The number of hydrogen-bond acceptors (Lipinski definition) is 1. The van der Waals surface area contributed by atoms with Crippen LogP contribution in [0.15, 0.2) is 70.8 Å². The van der Waals surface area contributed by atoms with E-state index in [1.54, 1.807) is 0 Å². The molecule has 0 aromatic heterocycles. The molecule has 0 bridgehead atoms. The molecule has 0 atom stereocenters. The van der Waals surface area contributed by atoms with E-state index in [1.165, 1.54) is 65.8 Å². The standard InChI is InChI=1S/C16H17OSi.3C4H9.Sn/c1-3-14-17-18(2,15-10-6-4-7-11-15)16-12-8-5-9-13-16;3*1-3-4-2;/h4-13H,1,14H2,2H3;3*1,3-4H2,2H3;. The zero-order chi connectivity index (χ0) is 22.6. The van der Waals surface area contributed by atoms with Crippen molar-refractivity contribution >= 4 is 37.1 Å². The van der Waals surface area contributed by atoms with Crippen LogP contribution >= 0.6 is 0 Å². The molecule has 3 heteroatoms. The molecular weight excluding hydrogens is 499 g/mol. The quantitative estimate of drug-likeness (QED) is 0.214. The van der Waals surface area contributed by atoms with Crippen LogP contribution in [0.25, 0.3) is 0 Å². The SMILES string of the molecule is C=[C](CO[Si](C)(c1ccccc1)c1ccccc1)[Sn]([CH2]CCC)([CH2]CCC)[CH2]CCC. The van der Waals surface area contributed by atoms with Crippen molar-refractivity contribution in [3.63, 3.8) is 0 Å². The Hall–Kier alpha value is -0.844. The number of hydrogen-bond donors (Lipinski definition) is 0. The molecule has 0 aliphatic carbocycles. The molecule has 2 rings (SSSR count). The third kappa shape index (κ3) is 7.33. The van der Waals surface area contributed by atoms with Crippen molar-refractivity contribution in [2.75, 3.05) is 6.61 Å². The summed E-state index contributed by atoms with van der Waals surface area (Å²) in [6, 6.07) is 21.8. The average molecular weight is 543 g/mol. The summed E-state index contributed by atoms with van der Waals surface area (Å²) in [5.74, 6) is 0. The van der Waals surface area contributed by atoms with Gasteiger partial charge in [0.25, 0.3) is 0 Å². The fourth-order valence-corrected chi connectivity index (χ4v) is 22.9. The number of benzene rings is 2. The van der Waals surface area contributed by atoms with Crippen LogP contribution in [-0.2, 0) is 4.43 Å². The molecule has 2 aromatic carbocycles. The van der Waals surface area contributed by atoms with E-state index in [4.69, 9.17) is 11.0 Å². The van der Waals surface area contributed by atoms with Crippen LogP contribution in [0.2, 0.25) is 19.9 Å². The molecule has 0 amide bonds. The summed E-state index contributed by atoms with van der Waals surface area (Å²) < 4.78 is 12.9. The van der Waals surface area contributed by atoms with Crippen LogP contribution in [0.1, 0.15) is 59.3 Å². The molecule has 0 N–H and O–H groups in total. The van der Waals surface area contributed by atoms with Crippen molar-refractivity contribution in [2.45, 2.75) is 79.2 Å². The molecule has 0 spiro atoms. The molecule has 31 heavy (non-hydrogen) atoms. The van der Waals surface area contributed by atoms with Crippen LogP contribution in [-0.4, -0.2) is 33.3 Å². The molecule has 0 saturated heterocycles. The molecule has 0 aliphatic heterocycles. The Morgan fingerprint density at radius 1 is 0.742 bits per heavy atom. The Morgan fingerprint density at radius 3 is 1.48 bits per heavy atom. The van der Waals surface area contributed by atoms with Crippen molar-refractivity contribution in [2.24, 2.45) is 0 Å². The van der Waals surface area contributed by atoms with Gasteiger partial charge in [0.2, 0.25) is 0 Å². The predicted octanol–water partition coefficient (Wildman–Crippen LogP) is 7.34. The second-order valence-corrected chi connectivity index (χ2v) is 26.4. The van der Waals surface area contributed by atoms with E-state index in [2.05, 4.69) is 88.0 Å². The summed E-state index contributed by atoms with van der Waals surface area (Å²) >= 11 is -2.48. The van der Waals surface area contributed by atoms with Crippen molar-refractivity contribution in [1.29, 1.82) is 0 Å². The van der Waals surface area contributed by atoms with Gasteiger partial charge in [-0.25, -0.2) is 0 Å². The van der Waals surface area contributed by atoms with Gasteiger partial charge in [-0.3, -0.25) is 0 Å². The van der Waals surface area contributed by atoms with Gasteiger partial charge in [-0.2, -0.15) is 0 Å². The van der Waals surface area contributed by atoms with Gasteiger partial charge in [-0.05, 0) is 0 Å². The summed E-state index contributed by atoms with van der Waals surface area (Å²) in [6.45, 7) is 14.9. The Kier molecular flexibility index (Phi) is 11.6. The van der Waals surface area contributed by atoms with Gasteiger partial charge in [0, 0.05) is 0 Å². The first kappa shape index (κ1) is 26.4. The normalized spacial score (nSPS) is 12.1. The van der Waals surface area contributed by atoms with Crippen LogP contribution in [0.5, 0.6) is 0 Å². The summed E-state index contributed by atoms with van der Waals surface area (Å²) in [7, 11) is -2.26. The van der Waals surface area contributed by atoms with Gasteiger partial charge in [0.05, 0.1) is 0 Å². The van der Waals surface area contributed by atoms with Gasteiger partial charge in [0.1, 0.15) is 0 Å². The van der Waals surface area contributed by atoms with E-state index in [1.807, 2.05) is 0 Å². The predicted molar refractivity (Wildman–Crippen MR) is 144 cm³/mol. The van der Waals surface area contributed by atoms with E-state index < -0.39 is 26.7 Å². The van der Waals surface area contributed by atoms with Crippen LogP contribution in [0.3, 0.4) is 0 Å². The first-order valence-corrected chi connectivity index (χ1v) is 22.3. The van der Waals surface area contributed by atoms with Gasteiger partial charge in [-0.1, -0.05) is 0 Å². The Labute approximate surface area is 197 Å². The third-order valence-electron chi connectivity index (χ3n) is 6.96. The van der Waals surface area contributed by atoms with E-state index >= 15 is 0 Å². The van der Waals surface area contributed by atoms with E-state index in [0.29, 0.717) is 0 Å². The average Bonchev–Trinajstić information content (AvgIpc) is 2.83. The van der Waals surface area contributed by atoms with Crippen molar-refractivity contribution < 1.29 is 4.43 Å².